The van der Waals surface area contributed by atoms with Gasteiger partial charge in [-0.1, -0.05) is 13.8 Å². The summed E-state index contributed by atoms with van der Waals surface area (Å²) >= 11 is 0. The molecule has 1 rings (SSSR count). The third-order valence-corrected chi connectivity index (χ3v) is 3.21. The third kappa shape index (κ3) is 2.31. The predicted octanol–water partition coefficient (Wildman–Crippen LogP) is -0.387. The number of nitrogens with two attached hydrogens (primary N) is 1. The average Bonchev–Trinajstić information content (AvgIpc) is 2.17. The zero-order valence-corrected chi connectivity index (χ0v) is 9.16. The summed E-state index contributed by atoms with van der Waals surface area (Å²) in [6.07, 6.45) is 5.54. The number of rotatable bonds is 3. The van der Waals surface area contributed by atoms with Gasteiger partial charge in [0, 0.05) is 17.9 Å². The van der Waals surface area contributed by atoms with E-state index in [2.05, 4.69) is 11.2 Å². The first-order valence-corrected chi connectivity index (χ1v) is 5.07. The van der Waals surface area contributed by atoms with Crippen LogP contribution < -0.4 is 11.1 Å². The van der Waals surface area contributed by atoms with E-state index in [1.165, 1.54) is 0 Å². The first-order valence-electron chi connectivity index (χ1n) is 5.07. The molecule has 1 amide bonds. The molecular formula is C11H18N2O2. The van der Waals surface area contributed by atoms with Gasteiger partial charge in [0.15, 0.2) is 0 Å². The van der Waals surface area contributed by atoms with Gasteiger partial charge in [0.25, 0.3) is 0 Å². The number of aliphatic hydroxyl groups excluding tert-OH is 1. The van der Waals surface area contributed by atoms with Gasteiger partial charge in [-0.3, -0.25) is 4.79 Å². The van der Waals surface area contributed by atoms with Gasteiger partial charge in [-0.25, -0.2) is 0 Å². The molecule has 84 valence electrons. The molecule has 15 heavy (non-hydrogen) atoms. The standard InChI is InChI=1S/C11H18N2O2/c1-4-5-7(12)10(15)13-8-6-9(14)11(8,2)3/h1,7-9,14H,5-6,12H2,2-3H3,(H,13,15). The Labute approximate surface area is 90.2 Å². The lowest BCUT2D eigenvalue weighted by Gasteiger charge is -2.49. The van der Waals surface area contributed by atoms with E-state index in [4.69, 9.17) is 12.2 Å². The second-order valence-electron chi connectivity index (χ2n) is 4.65. The molecule has 1 fully saturated rings. The minimum atomic E-state index is -0.649. The van der Waals surface area contributed by atoms with Crippen LogP contribution in [0.2, 0.25) is 0 Å². The molecule has 0 radical (unpaired) electrons. The van der Waals surface area contributed by atoms with Gasteiger partial charge in [0.05, 0.1) is 12.1 Å². The van der Waals surface area contributed by atoms with Crippen molar-refractivity contribution >= 4 is 5.91 Å². The van der Waals surface area contributed by atoms with Gasteiger partial charge in [0.1, 0.15) is 0 Å². The van der Waals surface area contributed by atoms with E-state index < -0.39 is 6.04 Å². The van der Waals surface area contributed by atoms with Crippen LogP contribution in [0, 0.1) is 17.8 Å². The zero-order chi connectivity index (χ0) is 11.6. The lowest BCUT2D eigenvalue weighted by Crippen LogP contribution is -2.62. The van der Waals surface area contributed by atoms with Crippen LogP contribution in [0.3, 0.4) is 0 Å². The lowest BCUT2D eigenvalue weighted by atomic mass is 9.64. The van der Waals surface area contributed by atoms with Crippen LogP contribution >= 0.6 is 0 Å². The molecule has 0 saturated heterocycles. The number of hydrogen-bond acceptors (Lipinski definition) is 3. The molecule has 4 heteroatoms. The maximum Gasteiger partial charge on any atom is 0.238 e. The van der Waals surface area contributed by atoms with Crippen molar-refractivity contribution in [3.63, 3.8) is 0 Å². The fourth-order valence-corrected chi connectivity index (χ4v) is 1.65. The maximum absolute atomic E-state index is 11.5. The smallest absolute Gasteiger partial charge is 0.238 e. The Morgan fingerprint density at radius 3 is 2.80 bits per heavy atom. The van der Waals surface area contributed by atoms with Crippen LogP contribution in [0.1, 0.15) is 26.7 Å². The highest BCUT2D eigenvalue weighted by atomic mass is 16.3. The molecule has 0 aromatic carbocycles. The highest BCUT2D eigenvalue weighted by molar-refractivity contribution is 5.82. The second-order valence-corrected chi connectivity index (χ2v) is 4.65. The Morgan fingerprint density at radius 1 is 1.80 bits per heavy atom. The quantitative estimate of drug-likeness (QED) is 0.555. The SMILES string of the molecule is C#CCC(N)C(=O)NC1CC(O)C1(C)C. The molecule has 1 saturated carbocycles. The topological polar surface area (TPSA) is 75.4 Å². The molecule has 1 aliphatic rings. The van der Waals surface area contributed by atoms with Crippen LogP contribution in [0.15, 0.2) is 0 Å². The van der Waals surface area contributed by atoms with Crippen LogP contribution in [0.25, 0.3) is 0 Å². The number of amides is 1. The van der Waals surface area contributed by atoms with Gasteiger partial charge in [-0.2, -0.15) is 0 Å². The number of terminal acetylenes is 1. The first kappa shape index (κ1) is 12.0. The fourth-order valence-electron chi connectivity index (χ4n) is 1.65. The van der Waals surface area contributed by atoms with Crippen molar-refractivity contribution in [2.75, 3.05) is 0 Å². The Bertz CT molecular complexity index is 293. The minimum Gasteiger partial charge on any atom is -0.392 e. The van der Waals surface area contributed by atoms with Gasteiger partial charge in [-0.15, -0.1) is 12.3 Å². The van der Waals surface area contributed by atoms with Crippen molar-refractivity contribution in [2.45, 2.75) is 44.9 Å². The number of aliphatic hydroxyl groups is 1. The summed E-state index contributed by atoms with van der Waals surface area (Å²) in [6.45, 7) is 3.83. The second kappa shape index (κ2) is 4.21. The summed E-state index contributed by atoms with van der Waals surface area (Å²) in [5, 5.41) is 12.3. The van der Waals surface area contributed by atoms with Crippen molar-refractivity contribution in [3.05, 3.63) is 0 Å². The van der Waals surface area contributed by atoms with Crippen molar-refractivity contribution in [2.24, 2.45) is 11.1 Å². The van der Waals surface area contributed by atoms with E-state index in [-0.39, 0.29) is 29.9 Å². The van der Waals surface area contributed by atoms with E-state index in [1.807, 2.05) is 13.8 Å². The van der Waals surface area contributed by atoms with Gasteiger partial charge >= 0.3 is 0 Å². The van der Waals surface area contributed by atoms with Crippen molar-refractivity contribution < 1.29 is 9.90 Å². The third-order valence-electron chi connectivity index (χ3n) is 3.21. The van der Waals surface area contributed by atoms with E-state index >= 15 is 0 Å². The summed E-state index contributed by atoms with van der Waals surface area (Å²) < 4.78 is 0. The summed E-state index contributed by atoms with van der Waals surface area (Å²) in [5.41, 5.74) is 5.29. The van der Waals surface area contributed by atoms with Crippen molar-refractivity contribution in [3.8, 4) is 12.3 Å². The van der Waals surface area contributed by atoms with E-state index in [0.717, 1.165) is 0 Å². The van der Waals surface area contributed by atoms with Gasteiger partial charge in [0.2, 0.25) is 5.91 Å². The van der Waals surface area contributed by atoms with E-state index in [9.17, 15) is 9.90 Å². The lowest BCUT2D eigenvalue weighted by molar-refractivity contribution is -0.130. The Morgan fingerprint density at radius 2 is 2.40 bits per heavy atom. The Hall–Kier alpha value is -1.05. The number of hydrogen-bond donors (Lipinski definition) is 3. The van der Waals surface area contributed by atoms with Crippen LogP contribution in [-0.2, 0) is 4.79 Å². The highest BCUT2D eigenvalue weighted by Crippen LogP contribution is 2.40. The van der Waals surface area contributed by atoms with Gasteiger partial charge < -0.3 is 16.2 Å². The molecule has 0 heterocycles. The largest absolute Gasteiger partial charge is 0.392 e. The average molecular weight is 210 g/mol. The van der Waals surface area contributed by atoms with E-state index in [1.54, 1.807) is 0 Å². The summed E-state index contributed by atoms with van der Waals surface area (Å²) in [7, 11) is 0. The van der Waals surface area contributed by atoms with Crippen LogP contribution in [0.5, 0.6) is 0 Å². The summed E-state index contributed by atoms with van der Waals surface area (Å²) in [6, 6.07) is -0.660. The number of carbonyl (C=O) groups is 1. The number of nitrogens with one attached hydrogen (secondary N) is 1. The highest BCUT2D eigenvalue weighted by Gasteiger charge is 2.48. The van der Waals surface area contributed by atoms with Crippen LogP contribution in [0.4, 0.5) is 0 Å². The molecule has 0 aromatic heterocycles. The fraction of sp³-hybridized carbons (Fsp3) is 0.727. The molecule has 0 aromatic rings. The van der Waals surface area contributed by atoms with E-state index in [0.29, 0.717) is 6.42 Å². The maximum atomic E-state index is 11.5. The molecule has 3 unspecified atom stereocenters. The molecule has 4 N–H and O–H groups in total. The summed E-state index contributed by atoms with van der Waals surface area (Å²) in [5.74, 6) is 2.11. The number of carbonyl (C=O) groups excluding carboxylic acids is 1. The first-order chi connectivity index (χ1) is 6.89. The minimum absolute atomic E-state index is 0.0103. The van der Waals surface area contributed by atoms with Crippen LogP contribution in [-0.4, -0.2) is 29.2 Å². The molecular weight excluding hydrogens is 192 g/mol. The summed E-state index contributed by atoms with van der Waals surface area (Å²) in [4.78, 5) is 11.5. The Kier molecular flexibility index (Phi) is 3.38. The zero-order valence-electron chi connectivity index (χ0n) is 9.16. The molecule has 1 aliphatic carbocycles. The Balaban J connectivity index is 2.44. The molecule has 3 atom stereocenters. The predicted molar refractivity (Wildman–Crippen MR) is 57.8 cm³/mol. The van der Waals surface area contributed by atoms with Crippen molar-refractivity contribution in [1.82, 2.24) is 5.32 Å². The molecule has 0 aliphatic heterocycles. The molecule has 0 bridgehead atoms. The van der Waals surface area contributed by atoms with Crippen molar-refractivity contribution in [1.29, 1.82) is 0 Å². The molecule has 4 nitrogen and oxygen atoms in total. The molecule has 0 spiro atoms. The monoisotopic (exact) mass is 210 g/mol. The normalized spacial score (nSPS) is 29.8. The van der Waals surface area contributed by atoms with Gasteiger partial charge in [-0.05, 0) is 6.42 Å².